The second kappa shape index (κ2) is 9.22. The van der Waals surface area contributed by atoms with Gasteiger partial charge in [-0.3, -0.25) is 14.3 Å². The molecule has 0 unspecified atom stereocenters. The molecule has 2 N–H and O–H groups in total. The van der Waals surface area contributed by atoms with Crippen molar-refractivity contribution in [1.82, 2.24) is 9.55 Å². The number of hydrazone groups is 1. The predicted octanol–water partition coefficient (Wildman–Crippen LogP) is 3.12. The second-order valence-corrected chi connectivity index (χ2v) is 7.21. The Kier molecular flexibility index (Phi) is 6.03. The molecule has 162 valence electrons. The van der Waals surface area contributed by atoms with Crippen LogP contribution in [0.25, 0.3) is 11.3 Å². The molecule has 0 fully saturated rings. The number of anilines is 1. The summed E-state index contributed by atoms with van der Waals surface area (Å²) >= 11 is 0. The lowest BCUT2D eigenvalue weighted by Crippen LogP contribution is -2.35. The van der Waals surface area contributed by atoms with Crippen LogP contribution in [-0.2, 0) is 13.5 Å². The molecule has 0 spiro atoms. The van der Waals surface area contributed by atoms with Crippen molar-refractivity contribution in [3.8, 4) is 17.1 Å². The minimum absolute atomic E-state index is 0.149. The zero-order valence-electron chi connectivity index (χ0n) is 17.4. The van der Waals surface area contributed by atoms with E-state index in [1.54, 1.807) is 35.3 Å². The third-order valence-electron chi connectivity index (χ3n) is 4.95. The summed E-state index contributed by atoms with van der Waals surface area (Å²) < 4.78 is 6.81. The molecule has 0 aliphatic carbocycles. The summed E-state index contributed by atoms with van der Waals surface area (Å²) in [5, 5.41) is 15.7. The summed E-state index contributed by atoms with van der Waals surface area (Å²) in [6.45, 7) is 0.434. The molecule has 0 bridgehead atoms. The maximum absolute atomic E-state index is 12.1. The van der Waals surface area contributed by atoms with E-state index < -0.39 is 11.2 Å². The van der Waals surface area contributed by atoms with E-state index in [9.17, 15) is 14.7 Å². The van der Waals surface area contributed by atoms with Crippen molar-refractivity contribution in [1.29, 1.82) is 0 Å². The number of hydrogen-bond donors (Lipinski definition) is 2. The molecule has 2 heterocycles. The Morgan fingerprint density at radius 2 is 1.88 bits per heavy atom. The van der Waals surface area contributed by atoms with Crippen LogP contribution in [0, 0.1) is 0 Å². The van der Waals surface area contributed by atoms with Crippen LogP contribution in [0.5, 0.6) is 5.75 Å². The number of benzene rings is 2. The first-order chi connectivity index (χ1) is 15.5. The Morgan fingerprint density at radius 1 is 1.06 bits per heavy atom. The summed E-state index contributed by atoms with van der Waals surface area (Å²) in [6.07, 6.45) is 2.18. The molecule has 0 aliphatic rings. The van der Waals surface area contributed by atoms with Crippen molar-refractivity contribution in [2.24, 2.45) is 12.1 Å². The molecule has 0 amide bonds. The Hall–Kier alpha value is -4.33. The summed E-state index contributed by atoms with van der Waals surface area (Å²) in [6, 6.07) is 21.5. The molecule has 8 nitrogen and oxygen atoms in total. The lowest BCUT2D eigenvalue weighted by molar-refractivity contribution is 0.475. The highest BCUT2D eigenvalue weighted by Gasteiger charge is 2.10. The first-order valence-electron chi connectivity index (χ1n) is 10.0. The van der Waals surface area contributed by atoms with Crippen molar-refractivity contribution in [3.05, 3.63) is 105 Å². The number of H-pyrrole nitrogens is 1. The number of phenolic OH excluding ortho intramolecular Hbond substituents is 1. The summed E-state index contributed by atoms with van der Waals surface area (Å²) in [4.78, 5) is 26.9. The normalized spacial score (nSPS) is 11.2. The smallest absolute Gasteiger partial charge is 0.329 e. The van der Waals surface area contributed by atoms with Crippen LogP contribution < -0.4 is 16.3 Å². The molecule has 2 aromatic heterocycles. The van der Waals surface area contributed by atoms with Crippen LogP contribution in [0.15, 0.2) is 91.9 Å². The standard InChI is InChI=1S/C24H22N4O4/c1-27-23(30)15-22(26-24(27)31)28(13-12-17-6-3-2-4-7-17)25-16-20-10-11-21(32-20)18-8-5-9-19(29)14-18/h2-11,14-16,29H,12-13H2,1H3,(H,26,31). The molecule has 4 aromatic rings. The predicted molar refractivity (Wildman–Crippen MR) is 123 cm³/mol. The van der Waals surface area contributed by atoms with Gasteiger partial charge in [0.15, 0.2) is 0 Å². The number of aromatic nitrogens is 2. The van der Waals surface area contributed by atoms with Crippen molar-refractivity contribution in [2.45, 2.75) is 6.42 Å². The summed E-state index contributed by atoms with van der Waals surface area (Å²) in [5.74, 6) is 1.51. The quantitative estimate of drug-likeness (QED) is 0.346. The summed E-state index contributed by atoms with van der Waals surface area (Å²) in [7, 11) is 1.41. The first-order valence-corrected chi connectivity index (χ1v) is 10.0. The third kappa shape index (κ3) is 4.86. The molecule has 0 atom stereocenters. The Balaban J connectivity index is 1.60. The minimum Gasteiger partial charge on any atom is -0.508 e. The number of aromatic amines is 1. The van der Waals surface area contributed by atoms with E-state index in [1.807, 2.05) is 36.4 Å². The first kappa shape index (κ1) is 20.9. The van der Waals surface area contributed by atoms with Gasteiger partial charge in [0.25, 0.3) is 5.56 Å². The van der Waals surface area contributed by atoms with Gasteiger partial charge in [-0.1, -0.05) is 42.5 Å². The van der Waals surface area contributed by atoms with Gasteiger partial charge in [0.1, 0.15) is 23.1 Å². The van der Waals surface area contributed by atoms with Gasteiger partial charge in [0, 0.05) is 25.2 Å². The molecular weight excluding hydrogens is 408 g/mol. The van der Waals surface area contributed by atoms with Gasteiger partial charge in [0.05, 0.1) is 6.21 Å². The van der Waals surface area contributed by atoms with Crippen LogP contribution in [0.1, 0.15) is 11.3 Å². The third-order valence-corrected chi connectivity index (χ3v) is 4.95. The minimum atomic E-state index is -0.517. The Morgan fingerprint density at radius 3 is 2.62 bits per heavy atom. The SMILES string of the molecule is Cn1c(=O)cc(N(CCc2ccccc2)N=Cc2ccc(-c3cccc(O)c3)o2)[nH]c1=O. The van der Waals surface area contributed by atoms with Crippen LogP contribution in [-0.4, -0.2) is 27.4 Å². The number of nitrogens with zero attached hydrogens (tertiary/aromatic N) is 3. The van der Waals surface area contributed by atoms with E-state index in [-0.39, 0.29) is 5.75 Å². The maximum Gasteiger partial charge on any atom is 0.329 e. The van der Waals surface area contributed by atoms with Crippen molar-refractivity contribution in [3.63, 3.8) is 0 Å². The molecule has 0 radical (unpaired) electrons. The highest BCUT2D eigenvalue weighted by Crippen LogP contribution is 2.24. The van der Waals surface area contributed by atoms with Crippen LogP contribution in [0.2, 0.25) is 0 Å². The van der Waals surface area contributed by atoms with Crippen LogP contribution in [0.4, 0.5) is 5.82 Å². The summed E-state index contributed by atoms with van der Waals surface area (Å²) in [5.41, 5.74) is 0.897. The molecule has 0 saturated heterocycles. The average molecular weight is 430 g/mol. The second-order valence-electron chi connectivity index (χ2n) is 7.21. The molecular formula is C24H22N4O4. The Labute approximate surface area is 183 Å². The van der Waals surface area contributed by atoms with Gasteiger partial charge in [0.2, 0.25) is 0 Å². The van der Waals surface area contributed by atoms with Gasteiger partial charge in [-0.05, 0) is 36.2 Å². The fourth-order valence-electron chi connectivity index (χ4n) is 3.17. The maximum atomic E-state index is 12.1. The van der Waals surface area contributed by atoms with E-state index in [2.05, 4.69) is 10.1 Å². The zero-order valence-corrected chi connectivity index (χ0v) is 17.4. The lowest BCUT2D eigenvalue weighted by atomic mass is 10.1. The van der Waals surface area contributed by atoms with Gasteiger partial charge in [-0.2, -0.15) is 5.10 Å². The van der Waals surface area contributed by atoms with E-state index in [1.165, 1.54) is 19.3 Å². The average Bonchev–Trinajstić information content (AvgIpc) is 3.27. The zero-order chi connectivity index (χ0) is 22.5. The van der Waals surface area contributed by atoms with E-state index in [0.29, 0.717) is 30.3 Å². The molecule has 2 aromatic carbocycles. The highest BCUT2D eigenvalue weighted by atomic mass is 16.3. The van der Waals surface area contributed by atoms with Crippen LogP contribution >= 0.6 is 0 Å². The van der Waals surface area contributed by atoms with Crippen molar-refractivity contribution in [2.75, 3.05) is 11.6 Å². The van der Waals surface area contributed by atoms with Gasteiger partial charge in [-0.15, -0.1) is 0 Å². The lowest BCUT2D eigenvalue weighted by Gasteiger charge is -2.18. The van der Waals surface area contributed by atoms with E-state index >= 15 is 0 Å². The van der Waals surface area contributed by atoms with E-state index in [0.717, 1.165) is 15.7 Å². The largest absolute Gasteiger partial charge is 0.508 e. The number of hydrogen-bond acceptors (Lipinski definition) is 6. The van der Waals surface area contributed by atoms with Crippen molar-refractivity contribution >= 4 is 12.0 Å². The van der Waals surface area contributed by atoms with Gasteiger partial charge in [-0.25, -0.2) is 9.80 Å². The fourth-order valence-corrected chi connectivity index (χ4v) is 3.17. The Bertz CT molecular complexity index is 1320. The number of furan rings is 1. The van der Waals surface area contributed by atoms with Gasteiger partial charge >= 0.3 is 5.69 Å². The van der Waals surface area contributed by atoms with Crippen LogP contribution in [0.3, 0.4) is 0 Å². The van der Waals surface area contributed by atoms with Gasteiger partial charge < -0.3 is 9.52 Å². The highest BCUT2D eigenvalue weighted by molar-refractivity contribution is 5.78. The molecule has 4 rings (SSSR count). The topological polar surface area (TPSA) is 104 Å². The number of nitrogens with one attached hydrogen (secondary N) is 1. The van der Waals surface area contributed by atoms with E-state index in [4.69, 9.17) is 4.42 Å². The monoisotopic (exact) mass is 430 g/mol. The van der Waals surface area contributed by atoms with Crippen molar-refractivity contribution < 1.29 is 9.52 Å². The molecule has 0 saturated carbocycles. The molecule has 0 aliphatic heterocycles. The number of phenols is 1. The molecule has 8 heteroatoms. The number of aromatic hydroxyl groups is 1. The fraction of sp³-hybridized carbons (Fsp3) is 0.125. The molecule has 32 heavy (non-hydrogen) atoms. The number of rotatable bonds is 7.